The Kier molecular flexibility index (Phi) is 4.38. The Morgan fingerprint density at radius 1 is 1.27 bits per heavy atom. The van der Waals surface area contributed by atoms with Gasteiger partial charge in [-0.3, -0.25) is 4.79 Å². The molecule has 0 unspecified atom stereocenters. The molecule has 0 aliphatic carbocycles. The third-order valence-electron chi connectivity index (χ3n) is 5.10. The third kappa shape index (κ3) is 2.95. The SMILES string of the molecule is Cc1sc2nc([C@@H](C)[NH2+]CCc3c[nH]c4ccccc34)[nH]c(=O)c2c1C. The molecule has 4 N–H and O–H groups in total. The quantitative estimate of drug-likeness (QED) is 0.507. The Morgan fingerprint density at radius 2 is 2.08 bits per heavy atom. The molecule has 0 spiro atoms. The van der Waals surface area contributed by atoms with Crippen LogP contribution in [-0.4, -0.2) is 21.5 Å². The molecule has 0 amide bonds. The number of aryl methyl sites for hydroxylation is 2. The molecule has 0 saturated heterocycles. The van der Waals surface area contributed by atoms with Gasteiger partial charge in [-0.05, 0) is 38.0 Å². The molecule has 5 nitrogen and oxygen atoms in total. The summed E-state index contributed by atoms with van der Waals surface area (Å²) in [6.45, 7) is 7.05. The lowest BCUT2D eigenvalue weighted by atomic mass is 10.1. The summed E-state index contributed by atoms with van der Waals surface area (Å²) in [5, 5.41) is 4.26. The minimum absolute atomic E-state index is 0.0243. The van der Waals surface area contributed by atoms with E-state index in [0.29, 0.717) is 0 Å². The number of H-pyrrole nitrogens is 2. The van der Waals surface area contributed by atoms with Gasteiger partial charge < -0.3 is 15.3 Å². The molecule has 0 aliphatic heterocycles. The van der Waals surface area contributed by atoms with Gasteiger partial charge in [0, 0.05) is 28.4 Å². The highest BCUT2D eigenvalue weighted by Crippen LogP contribution is 2.26. The Hall–Kier alpha value is -2.44. The molecule has 6 heteroatoms. The first-order valence-electron chi connectivity index (χ1n) is 8.93. The maximum Gasteiger partial charge on any atom is 0.260 e. The average Bonchev–Trinajstić information content (AvgIpc) is 3.16. The van der Waals surface area contributed by atoms with E-state index in [4.69, 9.17) is 4.98 Å². The maximum atomic E-state index is 12.4. The van der Waals surface area contributed by atoms with Gasteiger partial charge in [-0.2, -0.15) is 0 Å². The standard InChI is InChI=1S/C20H22N4OS/c1-11-13(3)26-20-17(11)19(25)23-18(24-20)12(2)21-9-8-14-10-22-16-7-5-4-6-15(14)16/h4-7,10,12,21-22H,8-9H2,1-3H3,(H,23,24,25)/p+1/t12-/m1/s1. The zero-order valence-electron chi connectivity index (χ0n) is 15.2. The van der Waals surface area contributed by atoms with Crippen molar-refractivity contribution in [3.8, 4) is 0 Å². The first-order chi connectivity index (χ1) is 12.5. The highest BCUT2D eigenvalue weighted by atomic mass is 32.1. The summed E-state index contributed by atoms with van der Waals surface area (Å²) in [6, 6.07) is 8.48. The average molecular weight is 367 g/mol. The topological polar surface area (TPSA) is 78.2 Å². The van der Waals surface area contributed by atoms with Gasteiger partial charge in [-0.25, -0.2) is 4.98 Å². The lowest BCUT2D eigenvalue weighted by Crippen LogP contribution is -2.85. The number of nitrogens with one attached hydrogen (secondary N) is 2. The van der Waals surface area contributed by atoms with Gasteiger partial charge >= 0.3 is 0 Å². The summed E-state index contributed by atoms with van der Waals surface area (Å²) in [5.74, 6) is 0.752. The van der Waals surface area contributed by atoms with E-state index in [2.05, 4.69) is 46.6 Å². The van der Waals surface area contributed by atoms with Crippen molar-refractivity contribution in [3.63, 3.8) is 0 Å². The van der Waals surface area contributed by atoms with Gasteiger partial charge in [-0.15, -0.1) is 11.3 Å². The van der Waals surface area contributed by atoms with E-state index < -0.39 is 0 Å². The van der Waals surface area contributed by atoms with Crippen LogP contribution in [0.15, 0.2) is 35.3 Å². The summed E-state index contributed by atoms with van der Waals surface area (Å²) < 4.78 is 0. The van der Waals surface area contributed by atoms with Crippen LogP contribution in [0.4, 0.5) is 0 Å². The van der Waals surface area contributed by atoms with Gasteiger partial charge in [0.2, 0.25) is 0 Å². The van der Waals surface area contributed by atoms with Crippen LogP contribution in [0, 0.1) is 13.8 Å². The van der Waals surface area contributed by atoms with Gasteiger partial charge in [0.05, 0.1) is 11.9 Å². The summed E-state index contributed by atoms with van der Waals surface area (Å²) in [7, 11) is 0. The van der Waals surface area contributed by atoms with Crippen LogP contribution in [0.2, 0.25) is 0 Å². The van der Waals surface area contributed by atoms with E-state index in [1.807, 2.05) is 19.9 Å². The maximum absolute atomic E-state index is 12.4. The fourth-order valence-corrected chi connectivity index (χ4v) is 4.46. The Labute approximate surface area is 155 Å². The molecular formula is C20H23N4OS+. The zero-order chi connectivity index (χ0) is 18.3. The molecule has 0 saturated carbocycles. The fraction of sp³-hybridized carbons (Fsp3) is 0.300. The third-order valence-corrected chi connectivity index (χ3v) is 6.20. The Morgan fingerprint density at radius 3 is 2.92 bits per heavy atom. The molecule has 0 fully saturated rings. The molecule has 4 aromatic rings. The van der Waals surface area contributed by atoms with Gasteiger partial charge in [0.1, 0.15) is 10.9 Å². The van der Waals surface area contributed by atoms with E-state index in [9.17, 15) is 4.79 Å². The largest absolute Gasteiger partial charge is 0.361 e. The van der Waals surface area contributed by atoms with Crippen LogP contribution in [0.3, 0.4) is 0 Å². The number of benzene rings is 1. The van der Waals surface area contributed by atoms with Gasteiger partial charge in [-0.1, -0.05) is 18.2 Å². The number of fused-ring (bicyclic) bond motifs is 2. The molecule has 4 rings (SSSR count). The van der Waals surface area contributed by atoms with E-state index in [0.717, 1.165) is 39.4 Å². The summed E-state index contributed by atoms with van der Waals surface area (Å²) >= 11 is 1.60. The van der Waals surface area contributed by atoms with Crippen molar-refractivity contribution in [2.24, 2.45) is 0 Å². The highest BCUT2D eigenvalue weighted by molar-refractivity contribution is 7.18. The molecule has 1 aromatic carbocycles. The number of thiophene rings is 1. The van der Waals surface area contributed by atoms with Crippen molar-refractivity contribution in [3.05, 3.63) is 62.6 Å². The van der Waals surface area contributed by atoms with Crippen LogP contribution in [0.1, 0.15) is 34.8 Å². The second-order valence-corrected chi connectivity index (χ2v) is 8.04. The van der Waals surface area contributed by atoms with Crippen molar-refractivity contribution in [1.82, 2.24) is 15.0 Å². The number of nitrogens with two attached hydrogens (primary N) is 1. The minimum Gasteiger partial charge on any atom is -0.361 e. The van der Waals surface area contributed by atoms with Crippen molar-refractivity contribution < 1.29 is 5.32 Å². The summed E-state index contributed by atoms with van der Waals surface area (Å²) in [6.07, 6.45) is 3.06. The second-order valence-electron chi connectivity index (χ2n) is 6.84. The van der Waals surface area contributed by atoms with Crippen LogP contribution in [-0.2, 0) is 6.42 Å². The molecule has 0 radical (unpaired) electrons. The molecule has 0 aliphatic rings. The number of nitrogens with zero attached hydrogens (tertiary/aromatic N) is 1. The van der Waals surface area contributed by atoms with Crippen LogP contribution in [0.5, 0.6) is 0 Å². The summed E-state index contributed by atoms with van der Waals surface area (Å²) in [5.41, 5.74) is 3.52. The van der Waals surface area contributed by atoms with Crippen molar-refractivity contribution >= 4 is 32.5 Å². The number of aromatic nitrogens is 3. The number of para-hydroxylation sites is 1. The molecular weight excluding hydrogens is 344 g/mol. The van der Waals surface area contributed by atoms with E-state index in [-0.39, 0.29) is 11.6 Å². The van der Waals surface area contributed by atoms with Crippen LogP contribution < -0.4 is 10.9 Å². The second kappa shape index (κ2) is 6.70. The number of hydrogen-bond donors (Lipinski definition) is 3. The molecule has 3 heterocycles. The van der Waals surface area contributed by atoms with Gasteiger partial charge in [0.15, 0.2) is 5.82 Å². The molecule has 1 atom stereocenters. The van der Waals surface area contributed by atoms with Crippen molar-refractivity contribution in [2.45, 2.75) is 33.2 Å². The lowest BCUT2D eigenvalue weighted by Gasteiger charge is -2.10. The normalized spacial score (nSPS) is 12.9. The predicted molar refractivity (Wildman–Crippen MR) is 107 cm³/mol. The number of rotatable bonds is 5. The Balaban J connectivity index is 1.49. The smallest absolute Gasteiger partial charge is 0.260 e. The highest BCUT2D eigenvalue weighted by Gasteiger charge is 2.17. The predicted octanol–water partition coefficient (Wildman–Crippen LogP) is 2.95. The van der Waals surface area contributed by atoms with Crippen molar-refractivity contribution in [2.75, 3.05) is 6.54 Å². The first-order valence-corrected chi connectivity index (χ1v) is 9.74. The number of aromatic amines is 2. The molecule has 3 aromatic heterocycles. The van der Waals surface area contributed by atoms with E-state index in [1.165, 1.54) is 16.5 Å². The Bertz CT molecular complexity index is 1140. The molecule has 26 heavy (non-hydrogen) atoms. The first kappa shape index (κ1) is 17.0. The minimum atomic E-state index is -0.0243. The zero-order valence-corrected chi connectivity index (χ0v) is 16.0. The summed E-state index contributed by atoms with van der Waals surface area (Å²) in [4.78, 5) is 25.4. The van der Waals surface area contributed by atoms with Crippen molar-refractivity contribution in [1.29, 1.82) is 0 Å². The lowest BCUT2D eigenvalue weighted by molar-refractivity contribution is -0.693. The molecule has 134 valence electrons. The number of quaternary nitrogens is 1. The van der Waals surface area contributed by atoms with E-state index >= 15 is 0 Å². The fourth-order valence-electron chi connectivity index (χ4n) is 3.43. The van der Waals surface area contributed by atoms with Crippen LogP contribution >= 0.6 is 11.3 Å². The monoisotopic (exact) mass is 367 g/mol. The van der Waals surface area contributed by atoms with E-state index in [1.54, 1.807) is 11.3 Å². The number of hydrogen-bond acceptors (Lipinski definition) is 3. The van der Waals surface area contributed by atoms with Gasteiger partial charge in [0.25, 0.3) is 5.56 Å². The molecule has 0 bridgehead atoms. The van der Waals surface area contributed by atoms with Crippen LogP contribution in [0.25, 0.3) is 21.1 Å².